The molecule has 1 saturated heterocycles. The van der Waals surface area contributed by atoms with Crippen LogP contribution < -0.4 is 0 Å². The van der Waals surface area contributed by atoms with E-state index in [-0.39, 0.29) is 6.10 Å². The Morgan fingerprint density at radius 1 is 1.25 bits per heavy atom. The van der Waals surface area contributed by atoms with Crippen LogP contribution in [0.4, 0.5) is 0 Å². The zero-order chi connectivity index (χ0) is 15.9. The molecule has 1 aliphatic heterocycles. The van der Waals surface area contributed by atoms with Crippen LogP contribution in [0.1, 0.15) is 18.3 Å². The Balaban J connectivity index is 1.51. The Hall–Kier alpha value is -2.45. The number of fused-ring (bicyclic) bond motifs is 2. The first-order chi connectivity index (χ1) is 11.9. The first kappa shape index (κ1) is 13.9. The summed E-state index contributed by atoms with van der Waals surface area (Å²) >= 11 is 3.18. The highest BCUT2D eigenvalue weighted by molar-refractivity contribution is 7.23. The van der Waals surface area contributed by atoms with Crippen LogP contribution in [-0.4, -0.2) is 26.4 Å². The van der Waals surface area contributed by atoms with E-state index < -0.39 is 0 Å². The van der Waals surface area contributed by atoms with Gasteiger partial charge in [0.05, 0.1) is 4.88 Å². The molecule has 6 nitrogen and oxygen atoms in total. The van der Waals surface area contributed by atoms with E-state index in [0.29, 0.717) is 12.4 Å². The van der Waals surface area contributed by atoms with Gasteiger partial charge in [0.1, 0.15) is 6.61 Å². The van der Waals surface area contributed by atoms with E-state index in [1.54, 1.807) is 15.9 Å². The van der Waals surface area contributed by atoms with Crippen LogP contribution in [0.25, 0.3) is 14.8 Å². The largest absolute Gasteiger partial charge is 0.486 e. The average Bonchev–Trinajstić information content (AvgIpc) is 3.28. The maximum absolute atomic E-state index is 6.08. The fraction of sp³-hybridized carbons (Fsp3) is 0.188. The third-order valence-corrected chi connectivity index (χ3v) is 5.70. The van der Waals surface area contributed by atoms with Gasteiger partial charge < -0.3 is 9.47 Å². The average molecular weight is 356 g/mol. The predicted molar refractivity (Wildman–Crippen MR) is 91.7 cm³/mol. The van der Waals surface area contributed by atoms with Crippen molar-refractivity contribution in [1.82, 2.24) is 19.8 Å². The molecule has 5 rings (SSSR count). The predicted octanol–water partition coefficient (Wildman–Crippen LogP) is 3.73. The molecule has 1 atom stereocenters. The van der Waals surface area contributed by atoms with Crippen molar-refractivity contribution < 1.29 is 9.47 Å². The summed E-state index contributed by atoms with van der Waals surface area (Å²) in [6.07, 6.45) is 8.48. The standard InChI is InChI=1S/C16H12N4O2S2/c1-2-5-10-11(6-3-1)22-12(9-21-10)14-17-18-16-20(14)19-15(24-16)13-7-4-8-23-13/h1,3-8,12H,2,9H2. The zero-order valence-electron chi connectivity index (χ0n) is 12.5. The molecule has 2 aliphatic rings. The quantitative estimate of drug-likeness (QED) is 0.700. The Labute approximate surface area is 145 Å². The second-order valence-electron chi connectivity index (χ2n) is 5.32. The van der Waals surface area contributed by atoms with Gasteiger partial charge in [-0.05, 0) is 30.0 Å². The molecule has 1 aliphatic carbocycles. The number of hydrogen-bond donors (Lipinski definition) is 0. The molecule has 0 radical (unpaired) electrons. The highest BCUT2D eigenvalue weighted by atomic mass is 32.1. The van der Waals surface area contributed by atoms with Gasteiger partial charge in [-0.2, -0.15) is 9.61 Å². The minimum atomic E-state index is -0.326. The van der Waals surface area contributed by atoms with Gasteiger partial charge >= 0.3 is 0 Å². The number of thiophene rings is 1. The van der Waals surface area contributed by atoms with E-state index in [9.17, 15) is 0 Å². The fourth-order valence-electron chi connectivity index (χ4n) is 2.63. The van der Waals surface area contributed by atoms with Crippen molar-refractivity contribution >= 4 is 27.6 Å². The van der Waals surface area contributed by atoms with Crippen molar-refractivity contribution in [3.8, 4) is 9.88 Å². The third-order valence-electron chi connectivity index (χ3n) is 3.76. The lowest BCUT2D eigenvalue weighted by Gasteiger charge is -2.26. The van der Waals surface area contributed by atoms with Gasteiger partial charge in [-0.1, -0.05) is 29.6 Å². The molecule has 3 aromatic heterocycles. The second kappa shape index (κ2) is 5.57. The SMILES string of the molecule is C1=CCC=C2OCC(c3nnc4sc(-c5cccs5)nn34)OC2=C1. The molecule has 0 amide bonds. The van der Waals surface area contributed by atoms with Crippen LogP contribution in [0.3, 0.4) is 0 Å². The van der Waals surface area contributed by atoms with E-state index in [1.165, 1.54) is 11.3 Å². The summed E-state index contributed by atoms with van der Waals surface area (Å²) in [6.45, 7) is 0.399. The third kappa shape index (κ3) is 2.26. The minimum Gasteiger partial charge on any atom is -0.486 e. The smallest absolute Gasteiger partial charge is 0.235 e. The van der Waals surface area contributed by atoms with Crippen LogP contribution in [-0.2, 0) is 9.47 Å². The fourth-order valence-corrected chi connectivity index (χ4v) is 4.27. The molecule has 0 saturated carbocycles. The Kier molecular flexibility index (Phi) is 3.24. The van der Waals surface area contributed by atoms with Gasteiger partial charge in [-0.3, -0.25) is 0 Å². The van der Waals surface area contributed by atoms with Crippen molar-refractivity contribution in [1.29, 1.82) is 0 Å². The van der Waals surface area contributed by atoms with Crippen LogP contribution in [0.2, 0.25) is 0 Å². The van der Waals surface area contributed by atoms with E-state index >= 15 is 0 Å². The Morgan fingerprint density at radius 3 is 3.17 bits per heavy atom. The van der Waals surface area contributed by atoms with Crippen LogP contribution in [0.5, 0.6) is 0 Å². The summed E-state index contributed by atoms with van der Waals surface area (Å²) < 4.78 is 13.7. The van der Waals surface area contributed by atoms with Gasteiger partial charge in [-0.25, -0.2) is 0 Å². The molecule has 0 N–H and O–H groups in total. The van der Waals surface area contributed by atoms with Crippen molar-refractivity contribution in [3.63, 3.8) is 0 Å². The van der Waals surface area contributed by atoms with E-state index in [0.717, 1.165) is 32.8 Å². The van der Waals surface area contributed by atoms with Gasteiger partial charge in [0.25, 0.3) is 0 Å². The summed E-state index contributed by atoms with van der Waals surface area (Å²) in [5, 5.41) is 16.1. The van der Waals surface area contributed by atoms with Crippen LogP contribution >= 0.6 is 22.7 Å². The first-order valence-electron chi connectivity index (χ1n) is 7.51. The van der Waals surface area contributed by atoms with Crippen LogP contribution in [0, 0.1) is 0 Å². The molecular formula is C16H12N4O2S2. The Morgan fingerprint density at radius 2 is 2.25 bits per heavy atom. The number of allylic oxidation sites excluding steroid dienone is 4. The van der Waals surface area contributed by atoms with Gasteiger partial charge in [0.2, 0.25) is 4.96 Å². The maximum Gasteiger partial charge on any atom is 0.235 e. The van der Waals surface area contributed by atoms with Crippen molar-refractivity contribution in [2.45, 2.75) is 12.5 Å². The van der Waals surface area contributed by atoms with E-state index in [4.69, 9.17) is 9.47 Å². The van der Waals surface area contributed by atoms with Crippen molar-refractivity contribution in [3.05, 3.63) is 59.2 Å². The van der Waals surface area contributed by atoms with Crippen molar-refractivity contribution in [2.75, 3.05) is 6.61 Å². The highest BCUT2D eigenvalue weighted by Gasteiger charge is 2.30. The highest BCUT2D eigenvalue weighted by Crippen LogP contribution is 2.34. The summed E-state index contributed by atoms with van der Waals surface area (Å²) in [5.41, 5.74) is 0. The number of rotatable bonds is 2. The molecule has 1 fully saturated rings. The lowest BCUT2D eigenvalue weighted by molar-refractivity contribution is -0.0139. The Bertz CT molecular complexity index is 981. The lowest BCUT2D eigenvalue weighted by Crippen LogP contribution is -2.21. The van der Waals surface area contributed by atoms with Crippen LogP contribution in [0.15, 0.2) is 53.3 Å². The first-order valence-corrected chi connectivity index (χ1v) is 9.21. The van der Waals surface area contributed by atoms with Crippen molar-refractivity contribution in [2.24, 2.45) is 0 Å². The number of ether oxygens (including phenoxy) is 2. The van der Waals surface area contributed by atoms with Gasteiger partial charge in [-0.15, -0.1) is 21.5 Å². The van der Waals surface area contributed by atoms with Gasteiger partial charge in [0, 0.05) is 0 Å². The molecule has 1 unspecified atom stereocenters. The summed E-state index contributed by atoms with van der Waals surface area (Å²) in [6, 6.07) is 4.07. The van der Waals surface area contributed by atoms with Gasteiger partial charge in [0.15, 0.2) is 28.5 Å². The molecule has 8 heteroatoms. The monoisotopic (exact) mass is 356 g/mol. The molecule has 3 aromatic rings. The molecule has 4 heterocycles. The molecule has 0 spiro atoms. The lowest BCUT2D eigenvalue weighted by atomic mass is 10.2. The molecule has 24 heavy (non-hydrogen) atoms. The summed E-state index contributed by atoms with van der Waals surface area (Å²) in [4.78, 5) is 1.88. The summed E-state index contributed by atoms with van der Waals surface area (Å²) in [7, 11) is 0. The minimum absolute atomic E-state index is 0.326. The molecule has 0 aromatic carbocycles. The number of hydrogen-bond acceptors (Lipinski definition) is 7. The molecule has 0 bridgehead atoms. The topological polar surface area (TPSA) is 61.5 Å². The number of aromatic nitrogens is 4. The zero-order valence-corrected chi connectivity index (χ0v) is 14.1. The second-order valence-corrected chi connectivity index (χ2v) is 7.22. The summed E-state index contributed by atoms with van der Waals surface area (Å²) in [5.74, 6) is 2.18. The number of nitrogens with zero attached hydrogens (tertiary/aromatic N) is 4. The van der Waals surface area contributed by atoms with E-state index in [2.05, 4.69) is 27.4 Å². The molecule has 120 valence electrons. The maximum atomic E-state index is 6.08. The normalized spacial score (nSPS) is 19.9. The molecular weight excluding hydrogens is 344 g/mol. The van der Waals surface area contributed by atoms with E-state index in [1.807, 2.05) is 29.7 Å².